The molecule has 2 aromatic rings. The maximum Gasteiger partial charge on any atom is 0.233 e. The highest BCUT2D eigenvalue weighted by molar-refractivity contribution is 7.92. The third kappa shape index (κ3) is 7.08. The van der Waals surface area contributed by atoms with Crippen LogP contribution < -0.4 is 14.8 Å². The second kappa shape index (κ2) is 9.74. The fourth-order valence-corrected chi connectivity index (χ4v) is 2.94. The molecule has 6 nitrogen and oxygen atoms in total. The molecule has 0 bridgehead atoms. The smallest absolute Gasteiger partial charge is 0.233 e. The van der Waals surface area contributed by atoms with Crippen LogP contribution in [-0.4, -0.2) is 28.0 Å². The van der Waals surface area contributed by atoms with Crippen molar-refractivity contribution in [3.63, 3.8) is 0 Å². The van der Waals surface area contributed by atoms with Gasteiger partial charge in [-0.15, -0.1) is 0 Å². The van der Waals surface area contributed by atoms with E-state index in [0.717, 1.165) is 22.3 Å². The predicted octanol–water partition coefficient (Wildman–Crippen LogP) is 2.29. The summed E-state index contributed by atoms with van der Waals surface area (Å²) in [6.07, 6.45) is 1.57. The highest BCUT2D eigenvalue weighted by atomic mass is 32.2. The second-order valence-corrected chi connectivity index (χ2v) is 7.18. The van der Waals surface area contributed by atoms with E-state index in [9.17, 15) is 13.2 Å². The van der Waals surface area contributed by atoms with Crippen LogP contribution >= 0.6 is 0 Å². The molecule has 0 heterocycles. The molecule has 0 aromatic heterocycles. The number of rotatable bonds is 9. The summed E-state index contributed by atoms with van der Waals surface area (Å²) in [6.45, 7) is 0.416. The van der Waals surface area contributed by atoms with E-state index in [0.29, 0.717) is 6.54 Å². The number of hydrogen-bond donors (Lipinski definition) is 2. The normalized spacial score (nSPS) is 11.4. The van der Waals surface area contributed by atoms with Gasteiger partial charge in [0.2, 0.25) is 15.9 Å². The van der Waals surface area contributed by atoms with Gasteiger partial charge < -0.3 is 10.1 Å². The van der Waals surface area contributed by atoms with Crippen molar-refractivity contribution >= 4 is 22.0 Å². The van der Waals surface area contributed by atoms with Crippen molar-refractivity contribution in [3.05, 3.63) is 71.1 Å². The van der Waals surface area contributed by atoms with Crippen LogP contribution in [-0.2, 0) is 21.4 Å². The molecule has 0 saturated carbocycles. The summed E-state index contributed by atoms with van der Waals surface area (Å²) in [4.78, 5) is 11.8. The lowest BCUT2D eigenvalue weighted by atomic mass is 10.2. The average Bonchev–Trinajstić information content (AvgIpc) is 2.66. The summed E-state index contributed by atoms with van der Waals surface area (Å²) >= 11 is 0. The summed E-state index contributed by atoms with van der Waals surface area (Å²) in [6, 6.07) is 16.5. The highest BCUT2D eigenvalue weighted by Gasteiger charge is 2.07. The van der Waals surface area contributed by atoms with Crippen molar-refractivity contribution < 1.29 is 17.9 Å². The maximum absolute atomic E-state index is 11.9. The number of carbonyl (C=O) groups is 1. The Labute approximate surface area is 153 Å². The van der Waals surface area contributed by atoms with Crippen LogP contribution in [0.2, 0.25) is 0 Å². The van der Waals surface area contributed by atoms with Crippen LogP contribution in [0.25, 0.3) is 6.08 Å². The molecular formula is C19H22N2O4S. The molecule has 0 aliphatic rings. The van der Waals surface area contributed by atoms with Crippen LogP contribution in [0.1, 0.15) is 17.5 Å². The monoisotopic (exact) mass is 374 g/mol. The molecule has 0 radical (unpaired) electrons. The van der Waals surface area contributed by atoms with E-state index in [2.05, 4.69) is 10.0 Å². The van der Waals surface area contributed by atoms with Gasteiger partial charge in [0, 0.05) is 24.9 Å². The van der Waals surface area contributed by atoms with E-state index in [1.165, 1.54) is 6.08 Å². The minimum Gasteiger partial charge on any atom is -0.497 e. The number of ether oxygens (including phenoxy) is 1. The quantitative estimate of drug-likeness (QED) is 0.705. The molecule has 2 N–H and O–H groups in total. The first-order valence-corrected chi connectivity index (χ1v) is 9.65. The first kappa shape index (κ1) is 19.7. The minimum atomic E-state index is -3.57. The molecule has 0 fully saturated rings. The Morgan fingerprint density at radius 2 is 1.77 bits per heavy atom. The number of amides is 1. The van der Waals surface area contributed by atoms with E-state index >= 15 is 0 Å². The van der Waals surface area contributed by atoms with Gasteiger partial charge in [-0.2, -0.15) is 0 Å². The number of carbonyl (C=O) groups excluding carboxylic acids is 1. The van der Waals surface area contributed by atoms with Crippen LogP contribution in [0, 0.1) is 0 Å². The Balaban J connectivity index is 1.72. The zero-order chi connectivity index (χ0) is 18.8. The number of methoxy groups -OCH3 is 1. The molecular weight excluding hydrogens is 352 g/mol. The van der Waals surface area contributed by atoms with Crippen LogP contribution in [0.3, 0.4) is 0 Å². The van der Waals surface area contributed by atoms with Gasteiger partial charge in [-0.1, -0.05) is 42.5 Å². The second-order valence-electron chi connectivity index (χ2n) is 5.53. The molecule has 26 heavy (non-hydrogen) atoms. The van der Waals surface area contributed by atoms with Crippen molar-refractivity contribution in [2.45, 2.75) is 13.0 Å². The van der Waals surface area contributed by atoms with Crippen molar-refractivity contribution in [2.75, 3.05) is 13.7 Å². The molecule has 0 spiro atoms. The van der Waals surface area contributed by atoms with Crippen LogP contribution in [0.5, 0.6) is 5.75 Å². The van der Waals surface area contributed by atoms with Crippen LogP contribution in [0.4, 0.5) is 0 Å². The number of hydrogen-bond acceptors (Lipinski definition) is 4. The molecule has 0 aliphatic carbocycles. The largest absolute Gasteiger partial charge is 0.497 e. The minimum absolute atomic E-state index is 0.0376. The van der Waals surface area contributed by atoms with E-state index in [-0.39, 0.29) is 18.9 Å². The van der Waals surface area contributed by atoms with E-state index in [1.807, 2.05) is 42.5 Å². The Hall–Kier alpha value is -2.64. The van der Waals surface area contributed by atoms with E-state index in [4.69, 9.17) is 4.74 Å². The third-order valence-corrected chi connectivity index (χ3v) is 4.64. The zero-order valence-electron chi connectivity index (χ0n) is 14.5. The topological polar surface area (TPSA) is 84.5 Å². The van der Waals surface area contributed by atoms with Crippen molar-refractivity contribution in [2.24, 2.45) is 0 Å². The van der Waals surface area contributed by atoms with Gasteiger partial charge in [0.05, 0.1) is 7.11 Å². The maximum atomic E-state index is 11.9. The van der Waals surface area contributed by atoms with Crippen molar-refractivity contribution in [3.8, 4) is 5.75 Å². The van der Waals surface area contributed by atoms with Gasteiger partial charge in [-0.25, -0.2) is 13.1 Å². The molecule has 0 aliphatic heterocycles. The summed E-state index contributed by atoms with van der Waals surface area (Å²) in [5, 5.41) is 3.84. The Morgan fingerprint density at radius 3 is 2.42 bits per heavy atom. The van der Waals surface area contributed by atoms with Gasteiger partial charge >= 0.3 is 0 Å². The summed E-state index contributed by atoms with van der Waals surface area (Å²) < 4.78 is 31.2. The van der Waals surface area contributed by atoms with Crippen molar-refractivity contribution in [1.29, 1.82) is 0 Å². The lowest BCUT2D eigenvalue weighted by molar-refractivity contribution is -0.121. The van der Waals surface area contributed by atoms with Gasteiger partial charge in [-0.3, -0.25) is 4.79 Å². The standard InChI is InChI=1S/C19H22N2O4S/c1-25-18-9-7-17(8-10-18)15-20-19(22)11-13-21-26(23,24)14-12-16-5-3-2-4-6-16/h2-10,12,14,21H,11,13,15H2,1H3,(H,20,22)/b14-12+. The SMILES string of the molecule is COc1ccc(CNC(=O)CCNS(=O)(=O)/C=C/c2ccccc2)cc1. The Bertz CT molecular complexity index is 832. The lowest BCUT2D eigenvalue weighted by Crippen LogP contribution is -2.29. The molecule has 7 heteroatoms. The fourth-order valence-electron chi connectivity index (χ4n) is 2.12. The molecule has 0 atom stereocenters. The summed E-state index contributed by atoms with van der Waals surface area (Å²) in [5.74, 6) is 0.522. The van der Waals surface area contributed by atoms with Crippen LogP contribution in [0.15, 0.2) is 60.0 Å². The van der Waals surface area contributed by atoms with Crippen molar-refractivity contribution in [1.82, 2.24) is 10.0 Å². The Morgan fingerprint density at radius 1 is 1.08 bits per heavy atom. The summed E-state index contributed by atoms with van der Waals surface area (Å²) in [7, 11) is -1.98. The molecule has 2 rings (SSSR count). The molecule has 0 saturated heterocycles. The first-order valence-electron chi connectivity index (χ1n) is 8.11. The van der Waals surface area contributed by atoms with Gasteiger partial charge in [0.1, 0.15) is 5.75 Å². The van der Waals surface area contributed by atoms with Gasteiger partial charge in [0.15, 0.2) is 0 Å². The Kier molecular flexibility index (Phi) is 7.37. The third-order valence-electron chi connectivity index (χ3n) is 3.54. The molecule has 2 aromatic carbocycles. The zero-order valence-corrected chi connectivity index (χ0v) is 15.3. The van der Waals surface area contributed by atoms with Gasteiger partial charge in [-0.05, 0) is 29.3 Å². The number of benzene rings is 2. The summed E-state index contributed by atoms with van der Waals surface area (Å²) in [5.41, 5.74) is 1.72. The predicted molar refractivity (Wildman–Crippen MR) is 102 cm³/mol. The van der Waals surface area contributed by atoms with Gasteiger partial charge in [0.25, 0.3) is 0 Å². The lowest BCUT2D eigenvalue weighted by Gasteiger charge is -2.07. The highest BCUT2D eigenvalue weighted by Crippen LogP contribution is 2.10. The number of sulfonamides is 1. The molecule has 1 amide bonds. The first-order chi connectivity index (χ1) is 12.5. The average molecular weight is 374 g/mol. The number of nitrogens with one attached hydrogen (secondary N) is 2. The van der Waals surface area contributed by atoms with E-state index in [1.54, 1.807) is 19.2 Å². The molecule has 0 unspecified atom stereocenters. The fraction of sp³-hybridized carbons (Fsp3) is 0.211. The molecule has 138 valence electrons. The van der Waals surface area contributed by atoms with E-state index < -0.39 is 10.0 Å².